The first-order valence-corrected chi connectivity index (χ1v) is 10.9. The van der Waals surface area contributed by atoms with Gasteiger partial charge in [0, 0.05) is 30.1 Å². The van der Waals surface area contributed by atoms with Gasteiger partial charge in [0.15, 0.2) is 5.69 Å². The van der Waals surface area contributed by atoms with Gasteiger partial charge in [-0.05, 0) is 43.9 Å². The number of piperidine rings is 1. The standard InChI is InChI=1S/C22H26ClF3N4O2/c1-13(2)14(3)28-20(31)15-7-9-29(10-8-15)21(32)18-12-27-30(19(18)22(24,25)26)17-6-4-5-16(23)11-17/h4-6,11-15H,7-10H2,1-3H3,(H,28,31). The molecule has 1 saturated heterocycles. The van der Waals surface area contributed by atoms with Crippen molar-refractivity contribution in [2.24, 2.45) is 11.8 Å². The van der Waals surface area contributed by atoms with E-state index in [1.54, 1.807) is 0 Å². The number of carbonyl (C=O) groups excluding carboxylic acids is 2. The van der Waals surface area contributed by atoms with Crippen LogP contribution in [0, 0.1) is 11.8 Å². The molecule has 0 bridgehead atoms. The number of carbonyl (C=O) groups is 2. The van der Waals surface area contributed by atoms with E-state index in [4.69, 9.17) is 11.6 Å². The van der Waals surface area contributed by atoms with E-state index in [0.29, 0.717) is 17.5 Å². The normalized spacial score (nSPS) is 16.3. The molecular weight excluding hydrogens is 445 g/mol. The summed E-state index contributed by atoms with van der Waals surface area (Å²) in [5.41, 5.74) is -1.55. The van der Waals surface area contributed by atoms with Crippen molar-refractivity contribution in [3.8, 4) is 5.69 Å². The highest BCUT2D eigenvalue weighted by molar-refractivity contribution is 6.30. The molecule has 2 heterocycles. The fourth-order valence-electron chi connectivity index (χ4n) is 3.61. The average Bonchev–Trinajstić information content (AvgIpc) is 3.19. The molecule has 3 rings (SSSR count). The van der Waals surface area contributed by atoms with E-state index in [-0.39, 0.29) is 47.6 Å². The Labute approximate surface area is 189 Å². The highest BCUT2D eigenvalue weighted by Crippen LogP contribution is 2.35. The van der Waals surface area contributed by atoms with Crippen molar-refractivity contribution in [1.82, 2.24) is 20.0 Å². The molecule has 0 radical (unpaired) electrons. The SMILES string of the molecule is CC(C)C(C)NC(=O)C1CCN(C(=O)c2cnn(-c3cccc(Cl)c3)c2C(F)(F)F)CC1. The molecule has 1 N–H and O–H groups in total. The van der Waals surface area contributed by atoms with Crippen molar-refractivity contribution in [1.29, 1.82) is 0 Å². The molecule has 1 atom stereocenters. The number of aromatic nitrogens is 2. The fourth-order valence-corrected chi connectivity index (χ4v) is 3.79. The van der Waals surface area contributed by atoms with Crippen molar-refractivity contribution in [3.63, 3.8) is 0 Å². The summed E-state index contributed by atoms with van der Waals surface area (Å²) in [6, 6.07) is 5.85. The van der Waals surface area contributed by atoms with Crippen molar-refractivity contribution in [2.45, 2.75) is 45.8 Å². The first-order valence-electron chi connectivity index (χ1n) is 10.5. The molecule has 1 aromatic heterocycles. The molecule has 0 saturated carbocycles. The maximum Gasteiger partial charge on any atom is 0.434 e. The summed E-state index contributed by atoms with van der Waals surface area (Å²) in [5, 5.41) is 7.05. The number of benzene rings is 1. The van der Waals surface area contributed by atoms with Crippen LogP contribution in [0.2, 0.25) is 5.02 Å². The quantitative estimate of drug-likeness (QED) is 0.696. The van der Waals surface area contributed by atoms with Crippen molar-refractivity contribution >= 4 is 23.4 Å². The second kappa shape index (κ2) is 9.52. The van der Waals surface area contributed by atoms with Crippen molar-refractivity contribution in [3.05, 3.63) is 46.7 Å². The summed E-state index contributed by atoms with van der Waals surface area (Å²) in [6.45, 7) is 6.35. The van der Waals surface area contributed by atoms with Gasteiger partial charge in [-0.2, -0.15) is 18.3 Å². The summed E-state index contributed by atoms with van der Waals surface area (Å²) in [6.07, 6.45) is -3.07. The zero-order valence-corrected chi connectivity index (χ0v) is 18.9. The minimum Gasteiger partial charge on any atom is -0.353 e. The molecule has 6 nitrogen and oxygen atoms in total. The lowest BCUT2D eigenvalue weighted by atomic mass is 9.94. The number of halogens is 4. The van der Waals surface area contributed by atoms with Crippen LogP contribution in [0.15, 0.2) is 30.5 Å². The van der Waals surface area contributed by atoms with Gasteiger partial charge in [-0.15, -0.1) is 0 Å². The number of nitrogens with one attached hydrogen (secondary N) is 1. The topological polar surface area (TPSA) is 67.2 Å². The van der Waals surface area contributed by atoms with Crippen molar-refractivity contribution in [2.75, 3.05) is 13.1 Å². The maximum atomic E-state index is 13.9. The molecule has 32 heavy (non-hydrogen) atoms. The first-order chi connectivity index (χ1) is 15.0. The number of alkyl halides is 3. The van der Waals surface area contributed by atoms with Crippen LogP contribution in [0.1, 0.15) is 49.7 Å². The summed E-state index contributed by atoms with van der Waals surface area (Å²) < 4.78 is 42.4. The predicted octanol–water partition coefficient (Wildman–Crippen LogP) is 4.56. The van der Waals surface area contributed by atoms with Gasteiger partial charge >= 0.3 is 6.18 Å². The summed E-state index contributed by atoms with van der Waals surface area (Å²) >= 11 is 5.91. The number of hydrogen-bond donors (Lipinski definition) is 1. The maximum absolute atomic E-state index is 13.9. The summed E-state index contributed by atoms with van der Waals surface area (Å²) in [5.74, 6) is -0.808. The lowest BCUT2D eigenvalue weighted by molar-refractivity contribution is -0.143. The van der Waals surface area contributed by atoms with Gasteiger partial charge in [-0.25, -0.2) is 4.68 Å². The molecule has 1 aromatic carbocycles. The molecule has 1 aliphatic rings. The first kappa shape index (κ1) is 24.1. The fraction of sp³-hybridized carbons (Fsp3) is 0.500. The van der Waals surface area contributed by atoms with Crippen LogP contribution in [0.4, 0.5) is 13.2 Å². The highest BCUT2D eigenvalue weighted by Gasteiger charge is 2.42. The predicted molar refractivity (Wildman–Crippen MR) is 115 cm³/mol. The smallest absolute Gasteiger partial charge is 0.353 e. The molecule has 1 fully saturated rings. The zero-order chi connectivity index (χ0) is 23.6. The van der Waals surface area contributed by atoms with Crippen LogP contribution >= 0.6 is 11.6 Å². The molecule has 0 aliphatic carbocycles. The molecule has 0 spiro atoms. The lowest BCUT2D eigenvalue weighted by Gasteiger charge is -2.32. The summed E-state index contributed by atoms with van der Waals surface area (Å²) in [4.78, 5) is 26.8. The minimum absolute atomic E-state index is 0.0221. The van der Waals surface area contributed by atoms with E-state index in [1.165, 1.54) is 29.2 Å². The second-order valence-electron chi connectivity index (χ2n) is 8.40. The Kier molecular flexibility index (Phi) is 7.17. The molecular formula is C22H26ClF3N4O2. The zero-order valence-electron chi connectivity index (χ0n) is 18.1. The third-order valence-electron chi connectivity index (χ3n) is 5.84. The van der Waals surface area contributed by atoms with Gasteiger partial charge in [-0.3, -0.25) is 9.59 Å². The van der Waals surface area contributed by atoms with E-state index >= 15 is 0 Å². The largest absolute Gasteiger partial charge is 0.434 e. The van der Waals surface area contributed by atoms with Gasteiger partial charge in [-0.1, -0.05) is 31.5 Å². The van der Waals surface area contributed by atoms with Gasteiger partial charge in [0.1, 0.15) is 0 Å². The second-order valence-corrected chi connectivity index (χ2v) is 8.84. The van der Waals surface area contributed by atoms with Gasteiger partial charge in [0.2, 0.25) is 5.91 Å². The lowest BCUT2D eigenvalue weighted by Crippen LogP contribution is -2.46. The monoisotopic (exact) mass is 470 g/mol. The molecule has 2 amide bonds. The Balaban J connectivity index is 1.77. The Morgan fingerprint density at radius 1 is 1.19 bits per heavy atom. The van der Waals surface area contributed by atoms with Crippen LogP contribution < -0.4 is 5.32 Å². The third-order valence-corrected chi connectivity index (χ3v) is 6.08. The molecule has 174 valence electrons. The van der Waals surface area contributed by atoms with E-state index < -0.39 is 23.3 Å². The molecule has 1 aliphatic heterocycles. The Morgan fingerprint density at radius 3 is 2.41 bits per heavy atom. The number of rotatable bonds is 5. The number of likely N-dealkylation sites (tertiary alicyclic amines) is 1. The van der Waals surface area contributed by atoms with Gasteiger partial charge in [0.25, 0.3) is 5.91 Å². The van der Waals surface area contributed by atoms with Crippen LogP contribution in [-0.4, -0.2) is 45.6 Å². The van der Waals surface area contributed by atoms with Crippen LogP contribution in [0.3, 0.4) is 0 Å². The summed E-state index contributed by atoms with van der Waals surface area (Å²) in [7, 11) is 0. The van der Waals surface area contributed by atoms with Crippen LogP contribution in [0.5, 0.6) is 0 Å². The van der Waals surface area contributed by atoms with Crippen LogP contribution in [0.25, 0.3) is 5.69 Å². The van der Waals surface area contributed by atoms with Crippen LogP contribution in [-0.2, 0) is 11.0 Å². The van der Waals surface area contributed by atoms with Gasteiger partial charge in [0.05, 0.1) is 17.4 Å². The molecule has 1 unspecified atom stereocenters. The number of hydrogen-bond acceptors (Lipinski definition) is 3. The van der Waals surface area contributed by atoms with E-state index in [1.807, 2.05) is 20.8 Å². The molecule has 2 aromatic rings. The van der Waals surface area contributed by atoms with E-state index in [2.05, 4.69) is 10.4 Å². The Hall–Kier alpha value is -2.55. The number of nitrogens with zero attached hydrogens (tertiary/aromatic N) is 3. The Morgan fingerprint density at radius 2 is 1.84 bits per heavy atom. The van der Waals surface area contributed by atoms with Crippen molar-refractivity contribution < 1.29 is 22.8 Å². The van der Waals surface area contributed by atoms with E-state index in [9.17, 15) is 22.8 Å². The highest BCUT2D eigenvalue weighted by atomic mass is 35.5. The van der Waals surface area contributed by atoms with Gasteiger partial charge < -0.3 is 10.2 Å². The number of amides is 2. The third kappa shape index (κ3) is 5.26. The average molecular weight is 471 g/mol. The Bertz CT molecular complexity index is 982. The molecule has 10 heteroatoms. The van der Waals surface area contributed by atoms with E-state index in [0.717, 1.165) is 6.20 Å². The minimum atomic E-state index is -4.80.